The average molecular weight is 423 g/mol. The lowest BCUT2D eigenvalue weighted by molar-refractivity contribution is -0.0155. The van der Waals surface area contributed by atoms with Crippen molar-refractivity contribution in [3.8, 4) is 0 Å². The molecule has 0 aliphatic rings. The number of carbonyl (C=O) groups is 1. The van der Waals surface area contributed by atoms with Gasteiger partial charge in [0.25, 0.3) is 5.91 Å². The Bertz CT molecular complexity index is 967. The lowest BCUT2D eigenvalue weighted by Gasteiger charge is -2.35. The number of nitrogens with one attached hydrogen (secondary N) is 1. The molecule has 0 aliphatic heterocycles. The normalized spacial score (nSPS) is 14.3. The number of benzene rings is 2. The minimum atomic E-state index is -1.62. The van der Waals surface area contributed by atoms with Crippen LogP contribution in [0.4, 0.5) is 4.39 Å². The first kappa shape index (κ1) is 20.3. The summed E-state index contributed by atoms with van der Waals surface area (Å²) >= 11 is 12.3. The van der Waals surface area contributed by atoms with Gasteiger partial charge < -0.3 is 10.4 Å². The second-order valence-electron chi connectivity index (χ2n) is 6.34. The van der Waals surface area contributed by atoms with Crippen LogP contribution in [0.1, 0.15) is 22.8 Å². The SMILES string of the molecule is C[C@@H](NC(=O)c1ccc(F)cc1)C(O)(Cn1cncn1)c1ccc(Cl)cc1Cl. The molecule has 28 heavy (non-hydrogen) atoms. The molecule has 0 radical (unpaired) electrons. The van der Waals surface area contributed by atoms with Crippen LogP contribution in [0, 0.1) is 5.82 Å². The Morgan fingerprint density at radius 3 is 2.61 bits per heavy atom. The fourth-order valence-electron chi connectivity index (χ4n) is 2.86. The molecular formula is C19H17Cl2FN4O2. The predicted molar refractivity (Wildman–Crippen MR) is 104 cm³/mol. The summed E-state index contributed by atoms with van der Waals surface area (Å²) in [7, 11) is 0. The highest BCUT2D eigenvalue weighted by molar-refractivity contribution is 6.35. The van der Waals surface area contributed by atoms with E-state index in [1.165, 1.54) is 47.7 Å². The molecule has 2 N–H and O–H groups in total. The Balaban J connectivity index is 1.93. The van der Waals surface area contributed by atoms with E-state index in [2.05, 4.69) is 15.4 Å². The smallest absolute Gasteiger partial charge is 0.251 e. The van der Waals surface area contributed by atoms with E-state index in [0.29, 0.717) is 10.6 Å². The van der Waals surface area contributed by atoms with Crippen LogP contribution in [0.3, 0.4) is 0 Å². The molecule has 0 fully saturated rings. The van der Waals surface area contributed by atoms with Crippen LogP contribution in [0.25, 0.3) is 0 Å². The van der Waals surface area contributed by atoms with Crippen LogP contribution in [0.5, 0.6) is 0 Å². The Morgan fingerprint density at radius 1 is 1.29 bits per heavy atom. The molecule has 1 aromatic heterocycles. The third-order valence-corrected chi connectivity index (χ3v) is 4.99. The highest BCUT2D eigenvalue weighted by atomic mass is 35.5. The molecule has 3 rings (SSSR count). The fraction of sp³-hybridized carbons (Fsp3) is 0.211. The molecule has 0 aliphatic carbocycles. The van der Waals surface area contributed by atoms with Crippen LogP contribution < -0.4 is 5.32 Å². The van der Waals surface area contributed by atoms with Crippen molar-refractivity contribution in [2.45, 2.75) is 25.1 Å². The molecule has 0 saturated heterocycles. The number of hydrogen-bond acceptors (Lipinski definition) is 4. The zero-order valence-electron chi connectivity index (χ0n) is 14.8. The molecule has 146 valence electrons. The largest absolute Gasteiger partial charge is 0.381 e. The minimum Gasteiger partial charge on any atom is -0.381 e. The topological polar surface area (TPSA) is 80.0 Å². The average Bonchev–Trinajstić information content (AvgIpc) is 3.14. The molecule has 1 heterocycles. The first-order chi connectivity index (χ1) is 13.3. The number of aliphatic hydroxyl groups is 1. The predicted octanol–water partition coefficient (Wildman–Crippen LogP) is 3.43. The van der Waals surface area contributed by atoms with Crippen molar-refractivity contribution in [2.24, 2.45) is 0 Å². The van der Waals surface area contributed by atoms with Gasteiger partial charge >= 0.3 is 0 Å². The van der Waals surface area contributed by atoms with Crippen molar-refractivity contribution in [3.63, 3.8) is 0 Å². The third kappa shape index (κ3) is 4.32. The Hall–Kier alpha value is -2.48. The van der Waals surface area contributed by atoms with Crippen molar-refractivity contribution in [2.75, 3.05) is 0 Å². The molecule has 2 atom stereocenters. The van der Waals surface area contributed by atoms with Crippen molar-refractivity contribution < 1.29 is 14.3 Å². The van der Waals surface area contributed by atoms with E-state index in [0.717, 1.165) is 0 Å². The highest BCUT2D eigenvalue weighted by Crippen LogP contribution is 2.34. The Kier molecular flexibility index (Phi) is 5.98. The van der Waals surface area contributed by atoms with Gasteiger partial charge in [-0.25, -0.2) is 14.1 Å². The highest BCUT2D eigenvalue weighted by Gasteiger charge is 2.39. The van der Waals surface area contributed by atoms with E-state index in [1.807, 2.05) is 0 Å². The number of halogens is 3. The summed E-state index contributed by atoms with van der Waals surface area (Å²) < 4.78 is 14.5. The van der Waals surface area contributed by atoms with E-state index in [4.69, 9.17) is 23.2 Å². The maximum atomic E-state index is 13.1. The number of rotatable bonds is 6. The number of hydrogen-bond donors (Lipinski definition) is 2. The maximum Gasteiger partial charge on any atom is 0.251 e. The zero-order chi connectivity index (χ0) is 20.3. The molecule has 2 aromatic carbocycles. The molecule has 6 nitrogen and oxygen atoms in total. The van der Waals surface area contributed by atoms with Gasteiger partial charge in [0.1, 0.15) is 24.1 Å². The van der Waals surface area contributed by atoms with Crippen molar-refractivity contribution in [3.05, 3.63) is 82.1 Å². The summed E-state index contributed by atoms with van der Waals surface area (Å²) in [5, 5.41) is 19.0. The van der Waals surface area contributed by atoms with Gasteiger partial charge in [-0.3, -0.25) is 4.79 Å². The first-order valence-corrected chi connectivity index (χ1v) is 9.12. The number of aromatic nitrogens is 3. The molecule has 0 spiro atoms. The van der Waals surface area contributed by atoms with Gasteiger partial charge in [-0.05, 0) is 43.3 Å². The molecule has 1 unspecified atom stereocenters. The van der Waals surface area contributed by atoms with E-state index in [1.54, 1.807) is 19.1 Å². The van der Waals surface area contributed by atoms with Crippen LogP contribution in [-0.2, 0) is 12.1 Å². The Morgan fingerprint density at radius 2 is 2.00 bits per heavy atom. The monoisotopic (exact) mass is 422 g/mol. The van der Waals surface area contributed by atoms with Crippen molar-refractivity contribution >= 4 is 29.1 Å². The van der Waals surface area contributed by atoms with Gasteiger partial charge in [0.15, 0.2) is 0 Å². The summed E-state index contributed by atoms with van der Waals surface area (Å²) in [6, 6.07) is 9.04. The standard InChI is InChI=1S/C19H17Cl2FN4O2/c1-12(25-18(27)13-2-5-15(22)6-3-13)19(28,9-26-11-23-10-24-26)16-7-4-14(20)8-17(16)21/h2-8,10-12,28H,9H2,1H3,(H,25,27)/t12-,19?/m1/s1. The Labute approximate surface area is 170 Å². The second-order valence-corrected chi connectivity index (χ2v) is 7.19. The van der Waals surface area contributed by atoms with E-state index in [-0.39, 0.29) is 17.1 Å². The summed E-state index contributed by atoms with van der Waals surface area (Å²) in [6.45, 7) is 1.63. The van der Waals surface area contributed by atoms with Gasteiger partial charge in [-0.1, -0.05) is 29.3 Å². The fourth-order valence-corrected chi connectivity index (χ4v) is 3.43. The van der Waals surface area contributed by atoms with E-state index < -0.39 is 23.4 Å². The van der Waals surface area contributed by atoms with Crippen LogP contribution in [-0.4, -0.2) is 31.8 Å². The van der Waals surface area contributed by atoms with Crippen molar-refractivity contribution in [1.82, 2.24) is 20.1 Å². The van der Waals surface area contributed by atoms with E-state index >= 15 is 0 Å². The van der Waals surface area contributed by atoms with E-state index in [9.17, 15) is 14.3 Å². The number of nitrogens with zero attached hydrogens (tertiary/aromatic N) is 3. The molecule has 0 saturated carbocycles. The van der Waals surface area contributed by atoms with Crippen LogP contribution >= 0.6 is 23.2 Å². The number of carbonyl (C=O) groups excluding carboxylic acids is 1. The summed E-state index contributed by atoms with van der Waals surface area (Å²) in [5.41, 5.74) is -0.982. The summed E-state index contributed by atoms with van der Waals surface area (Å²) in [6.07, 6.45) is 2.79. The molecule has 0 bridgehead atoms. The van der Waals surface area contributed by atoms with Crippen molar-refractivity contribution in [1.29, 1.82) is 0 Å². The third-order valence-electron chi connectivity index (χ3n) is 4.44. The van der Waals surface area contributed by atoms with Gasteiger partial charge in [-0.2, -0.15) is 5.10 Å². The quantitative estimate of drug-likeness (QED) is 0.637. The maximum absolute atomic E-state index is 13.1. The lowest BCUT2D eigenvalue weighted by atomic mass is 9.86. The molecule has 3 aromatic rings. The zero-order valence-corrected chi connectivity index (χ0v) is 16.3. The van der Waals surface area contributed by atoms with Gasteiger partial charge in [0.05, 0.1) is 12.6 Å². The first-order valence-electron chi connectivity index (χ1n) is 8.36. The second kappa shape index (κ2) is 8.26. The van der Waals surface area contributed by atoms with Gasteiger partial charge in [0, 0.05) is 21.2 Å². The molecule has 1 amide bonds. The van der Waals surface area contributed by atoms with Gasteiger partial charge in [-0.15, -0.1) is 0 Å². The van der Waals surface area contributed by atoms with Crippen LogP contribution in [0.15, 0.2) is 55.1 Å². The molecular weight excluding hydrogens is 406 g/mol. The minimum absolute atomic E-state index is 0.0147. The van der Waals surface area contributed by atoms with Crippen LogP contribution in [0.2, 0.25) is 10.0 Å². The number of amides is 1. The molecule has 9 heteroatoms. The summed E-state index contributed by atoms with van der Waals surface area (Å²) in [4.78, 5) is 16.4. The lowest BCUT2D eigenvalue weighted by Crippen LogP contribution is -2.51. The summed E-state index contributed by atoms with van der Waals surface area (Å²) in [5.74, 6) is -0.908. The van der Waals surface area contributed by atoms with Gasteiger partial charge in [0.2, 0.25) is 0 Å².